The lowest BCUT2D eigenvalue weighted by Gasteiger charge is -2.40. The molecule has 3 rings (SSSR count). The van der Waals surface area contributed by atoms with E-state index < -0.39 is 0 Å². The third kappa shape index (κ3) is 3.31. The van der Waals surface area contributed by atoms with Gasteiger partial charge in [0.25, 0.3) is 0 Å². The maximum Gasteiger partial charge on any atom is 0.225 e. The van der Waals surface area contributed by atoms with E-state index in [1.165, 1.54) is 5.56 Å². The third-order valence-corrected chi connectivity index (χ3v) is 5.11. The molecular formula is C19H26N2O3. The van der Waals surface area contributed by atoms with Crippen LogP contribution in [0.4, 0.5) is 0 Å². The van der Waals surface area contributed by atoms with Gasteiger partial charge in [0, 0.05) is 20.0 Å². The molecule has 2 amide bonds. The molecule has 2 aliphatic heterocycles. The Morgan fingerprint density at radius 2 is 1.96 bits per heavy atom. The molecular weight excluding hydrogens is 304 g/mol. The third-order valence-electron chi connectivity index (χ3n) is 5.11. The highest BCUT2D eigenvalue weighted by Crippen LogP contribution is 2.33. The second-order valence-electron chi connectivity index (χ2n) is 6.92. The minimum absolute atomic E-state index is 0.0331. The number of carbonyl (C=O) groups is 2. The topological polar surface area (TPSA) is 49.9 Å². The number of carbonyl (C=O) groups excluding carboxylic acids is 2. The smallest absolute Gasteiger partial charge is 0.225 e. The fraction of sp³-hybridized carbons (Fsp3) is 0.579. The van der Waals surface area contributed by atoms with Gasteiger partial charge < -0.3 is 14.5 Å². The predicted octanol–water partition coefficient (Wildman–Crippen LogP) is 2.16. The van der Waals surface area contributed by atoms with Gasteiger partial charge in [-0.3, -0.25) is 9.59 Å². The van der Waals surface area contributed by atoms with Crippen LogP contribution in [0.2, 0.25) is 0 Å². The summed E-state index contributed by atoms with van der Waals surface area (Å²) in [4.78, 5) is 28.8. The lowest BCUT2D eigenvalue weighted by Crippen LogP contribution is -2.51. The van der Waals surface area contributed by atoms with Gasteiger partial charge in [-0.15, -0.1) is 0 Å². The molecule has 0 bridgehead atoms. The normalized spacial score (nSPS) is 26.9. The minimum Gasteiger partial charge on any atom is -0.375 e. The molecule has 1 saturated heterocycles. The number of ether oxygens (including phenoxy) is 1. The van der Waals surface area contributed by atoms with Crippen molar-refractivity contribution in [3.63, 3.8) is 0 Å². The quantitative estimate of drug-likeness (QED) is 0.835. The van der Waals surface area contributed by atoms with Gasteiger partial charge in [0.1, 0.15) is 0 Å². The van der Waals surface area contributed by atoms with Crippen LogP contribution < -0.4 is 0 Å². The average Bonchev–Trinajstić information content (AvgIpc) is 2.57. The van der Waals surface area contributed by atoms with Crippen LogP contribution in [0.15, 0.2) is 24.3 Å². The van der Waals surface area contributed by atoms with E-state index in [0.717, 1.165) is 12.0 Å². The molecule has 2 heterocycles. The summed E-state index contributed by atoms with van der Waals surface area (Å²) in [6.07, 6.45) is 1.26. The van der Waals surface area contributed by atoms with Gasteiger partial charge >= 0.3 is 0 Å². The Morgan fingerprint density at radius 1 is 1.21 bits per heavy atom. The van der Waals surface area contributed by atoms with Crippen molar-refractivity contribution in [2.75, 3.05) is 19.7 Å². The van der Waals surface area contributed by atoms with Crippen LogP contribution in [-0.2, 0) is 20.7 Å². The van der Waals surface area contributed by atoms with Crippen LogP contribution in [-0.4, -0.2) is 53.5 Å². The zero-order valence-electron chi connectivity index (χ0n) is 14.7. The summed E-state index contributed by atoms with van der Waals surface area (Å²) in [7, 11) is 0. The van der Waals surface area contributed by atoms with Crippen molar-refractivity contribution in [2.24, 2.45) is 0 Å². The first-order valence-corrected chi connectivity index (χ1v) is 8.73. The first-order valence-electron chi connectivity index (χ1n) is 8.73. The Balaban J connectivity index is 1.83. The highest BCUT2D eigenvalue weighted by Gasteiger charge is 2.34. The van der Waals surface area contributed by atoms with Crippen molar-refractivity contribution in [1.82, 2.24) is 9.80 Å². The zero-order valence-corrected chi connectivity index (χ0v) is 14.7. The molecule has 1 fully saturated rings. The number of rotatable bonds is 2. The summed E-state index contributed by atoms with van der Waals surface area (Å²) in [6, 6.07) is 8.08. The van der Waals surface area contributed by atoms with E-state index in [2.05, 4.69) is 6.07 Å². The number of nitrogens with zero attached hydrogens (tertiary/aromatic N) is 2. The Kier molecular flexibility index (Phi) is 4.90. The number of morpholine rings is 1. The molecule has 1 aromatic rings. The van der Waals surface area contributed by atoms with E-state index in [0.29, 0.717) is 26.1 Å². The molecule has 5 heteroatoms. The second kappa shape index (κ2) is 6.93. The molecule has 0 N–H and O–H groups in total. The highest BCUT2D eigenvalue weighted by atomic mass is 16.5. The molecule has 5 nitrogen and oxygen atoms in total. The van der Waals surface area contributed by atoms with Gasteiger partial charge in [-0.25, -0.2) is 0 Å². The molecule has 0 spiro atoms. The van der Waals surface area contributed by atoms with Gasteiger partial charge in [0.2, 0.25) is 11.8 Å². The molecule has 3 atom stereocenters. The van der Waals surface area contributed by atoms with E-state index in [9.17, 15) is 9.59 Å². The van der Waals surface area contributed by atoms with Crippen molar-refractivity contribution in [3.8, 4) is 0 Å². The summed E-state index contributed by atoms with van der Waals surface area (Å²) in [5.41, 5.74) is 2.36. The van der Waals surface area contributed by atoms with Crippen LogP contribution >= 0.6 is 0 Å². The molecule has 0 aliphatic carbocycles. The molecule has 24 heavy (non-hydrogen) atoms. The van der Waals surface area contributed by atoms with E-state index in [4.69, 9.17) is 4.74 Å². The molecule has 0 aromatic heterocycles. The largest absolute Gasteiger partial charge is 0.375 e. The Morgan fingerprint density at radius 3 is 2.71 bits per heavy atom. The molecule has 130 valence electrons. The van der Waals surface area contributed by atoms with Gasteiger partial charge in [-0.05, 0) is 31.4 Å². The van der Waals surface area contributed by atoms with Crippen LogP contribution in [0.5, 0.6) is 0 Å². The van der Waals surface area contributed by atoms with E-state index in [-0.39, 0.29) is 30.0 Å². The van der Waals surface area contributed by atoms with Crippen molar-refractivity contribution in [2.45, 2.75) is 51.8 Å². The monoisotopic (exact) mass is 330 g/mol. The standard InChI is InChI=1S/C19H26N2O3/c1-13-12-24-14(2)11-21(13)19(23)10-18-17-7-5-4-6-16(17)8-9-20(18)15(3)22/h4-7,13-14,18H,8-12H2,1-3H3. The number of fused-ring (bicyclic) bond motifs is 1. The first-order chi connectivity index (χ1) is 11.5. The van der Waals surface area contributed by atoms with E-state index in [1.807, 2.05) is 41.8 Å². The van der Waals surface area contributed by atoms with Crippen LogP contribution in [0.25, 0.3) is 0 Å². The fourth-order valence-electron chi connectivity index (χ4n) is 3.78. The predicted molar refractivity (Wildman–Crippen MR) is 91.5 cm³/mol. The number of amides is 2. The number of hydrogen-bond donors (Lipinski definition) is 0. The van der Waals surface area contributed by atoms with Crippen molar-refractivity contribution in [3.05, 3.63) is 35.4 Å². The second-order valence-corrected chi connectivity index (χ2v) is 6.92. The van der Waals surface area contributed by atoms with Crippen molar-refractivity contribution in [1.29, 1.82) is 0 Å². The van der Waals surface area contributed by atoms with Crippen LogP contribution in [0.1, 0.15) is 44.4 Å². The molecule has 2 aliphatic rings. The van der Waals surface area contributed by atoms with Crippen LogP contribution in [0.3, 0.4) is 0 Å². The maximum absolute atomic E-state index is 12.9. The average molecular weight is 330 g/mol. The SMILES string of the molecule is CC(=O)N1CCc2ccccc2C1CC(=O)N1CC(C)OCC1C. The summed E-state index contributed by atoms with van der Waals surface area (Å²) < 4.78 is 5.62. The molecule has 3 unspecified atom stereocenters. The molecule has 0 saturated carbocycles. The Labute approximate surface area is 143 Å². The zero-order chi connectivity index (χ0) is 17.3. The first kappa shape index (κ1) is 17.0. The summed E-state index contributed by atoms with van der Waals surface area (Å²) in [5.74, 6) is 0.135. The Hall–Kier alpha value is -1.88. The Bertz CT molecular complexity index is 631. The maximum atomic E-state index is 12.9. The summed E-state index contributed by atoms with van der Waals surface area (Å²) >= 11 is 0. The van der Waals surface area contributed by atoms with E-state index >= 15 is 0 Å². The fourth-order valence-corrected chi connectivity index (χ4v) is 3.78. The van der Waals surface area contributed by atoms with Crippen LogP contribution in [0, 0.1) is 0 Å². The lowest BCUT2D eigenvalue weighted by molar-refractivity contribution is -0.145. The molecule has 1 aromatic carbocycles. The number of hydrogen-bond acceptors (Lipinski definition) is 3. The minimum atomic E-state index is -0.162. The van der Waals surface area contributed by atoms with Gasteiger partial charge in [0.05, 0.1) is 31.2 Å². The van der Waals surface area contributed by atoms with Gasteiger partial charge in [-0.2, -0.15) is 0 Å². The van der Waals surface area contributed by atoms with Gasteiger partial charge in [0.15, 0.2) is 0 Å². The van der Waals surface area contributed by atoms with E-state index in [1.54, 1.807) is 6.92 Å². The van der Waals surface area contributed by atoms with Gasteiger partial charge in [-0.1, -0.05) is 24.3 Å². The van der Waals surface area contributed by atoms with Crippen molar-refractivity contribution < 1.29 is 14.3 Å². The lowest BCUT2D eigenvalue weighted by atomic mass is 9.90. The number of benzene rings is 1. The molecule has 0 radical (unpaired) electrons. The highest BCUT2D eigenvalue weighted by molar-refractivity contribution is 5.80. The summed E-state index contributed by atoms with van der Waals surface area (Å²) in [6.45, 7) is 7.47. The summed E-state index contributed by atoms with van der Waals surface area (Å²) in [5, 5.41) is 0. The van der Waals surface area contributed by atoms with Crippen molar-refractivity contribution >= 4 is 11.8 Å².